The van der Waals surface area contributed by atoms with Crippen molar-refractivity contribution in [3.8, 4) is 0 Å². The number of halogens is 2. The fourth-order valence-corrected chi connectivity index (χ4v) is 2.63. The van der Waals surface area contributed by atoms with E-state index in [4.69, 9.17) is 9.84 Å². The quantitative estimate of drug-likeness (QED) is 0.428. The lowest BCUT2D eigenvalue weighted by Crippen LogP contribution is -2.38. The van der Waals surface area contributed by atoms with Gasteiger partial charge in [0.25, 0.3) is 5.56 Å². The number of aromatic nitrogens is 2. The van der Waals surface area contributed by atoms with Gasteiger partial charge in [-0.1, -0.05) is 22.6 Å². The zero-order valence-electron chi connectivity index (χ0n) is 10.4. The number of hydrogen-bond donors (Lipinski definition) is 4. The highest BCUT2D eigenvalue weighted by molar-refractivity contribution is 14.1. The molecule has 116 valence electrons. The van der Waals surface area contributed by atoms with Crippen molar-refractivity contribution < 1.29 is 20.1 Å². The second kappa shape index (κ2) is 6.71. The van der Waals surface area contributed by atoms with Crippen molar-refractivity contribution in [1.82, 2.24) is 9.55 Å². The number of nitrogens with one attached hydrogen (secondary N) is 1. The Hall–Kier alpha value is -0.530. The zero-order chi connectivity index (χ0) is 15.7. The van der Waals surface area contributed by atoms with Crippen LogP contribution >= 0.6 is 38.5 Å². The number of aromatic amines is 1. The van der Waals surface area contributed by atoms with Gasteiger partial charge in [-0.15, -0.1) is 0 Å². The van der Waals surface area contributed by atoms with E-state index >= 15 is 0 Å². The van der Waals surface area contributed by atoms with Crippen molar-refractivity contribution in [1.29, 1.82) is 0 Å². The first-order valence-corrected chi connectivity index (χ1v) is 7.88. The average Bonchev–Trinajstić information content (AvgIpc) is 2.74. The van der Waals surface area contributed by atoms with Crippen LogP contribution in [0.15, 0.2) is 19.9 Å². The lowest BCUT2D eigenvalue weighted by Gasteiger charge is -2.17. The summed E-state index contributed by atoms with van der Waals surface area (Å²) < 4.78 is 8.28. The van der Waals surface area contributed by atoms with Crippen molar-refractivity contribution in [2.75, 3.05) is 6.61 Å². The molecule has 8 nitrogen and oxygen atoms in total. The van der Waals surface area contributed by atoms with Gasteiger partial charge < -0.3 is 20.1 Å². The van der Waals surface area contributed by atoms with Crippen LogP contribution in [-0.2, 0) is 4.74 Å². The Balaban J connectivity index is 2.50. The zero-order valence-corrected chi connectivity index (χ0v) is 14.2. The number of H-pyrrole nitrogens is 1. The Morgan fingerprint density at radius 3 is 2.67 bits per heavy atom. The van der Waals surface area contributed by atoms with Crippen LogP contribution in [0.25, 0.3) is 4.48 Å². The molecule has 0 bridgehead atoms. The van der Waals surface area contributed by atoms with Gasteiger partial charge in [0.05, 0.1) is 12.2 Å². The summed E-state index contributed by atoms with van der Waals surface area (Å²) in [5.41, 5.74) is -1.21. The molecule has 4 N–H and O–H groups in total. The third-order valence-corrected chi connectivity index (χ3v) is 5.25. The number of hydrogen-bond acceptors (Lipinski definition) is 6. The second-order valence-corrected chi connectivity index (χ2v) is 5.87. The molecule has 0 aliphatic carbocycles. The first-order chi connectivity index (χ1) is 9.90. The van der Waals surface area contributed by atoms with E-state index in [-0.39, 0.29) is 5.56 Å². The van der Waals surface area contributed by atoms with E-state index in [1.54, 1.807) is 4.08 Å². The van der Waals surface area contributed by atoms with Crippen LogP contribution in [0.2, 0.25) is 0 Å². The predicted octanol–water partition coefficient (Wildman–Crippen LogP) is -0.724. The predicted molar refractivity (Wildman–Crippen MR) is 85.3 cm³/mol. The molecule has 0 aromatic carbocycles. The van der Waals surface area contributed by atoms with Crippen molar-refractivity contribution in [2.24, 2.45) is 0 Å². The Bertz CT molecular complexity index is 671. The highest BCUT2D eigenvalue weighted by Gasteiger charge is 2.43. The van der Waals surface area contributed by atoms with E-state index in [1.165, 1.54) is 6.20 Å². The highest BCUT2D eigenvalue weighted by Crippen LogP contribution is 2.28. The van der Waals surface area contributed by atoms with E-state index in [0.717, 1.165) is 4.57 Å². The Labute approximate surface area is 140 Å². The van der Waals surface area contributed by atoms with Crippen molar-refractivity contribution in [3.05, 3.63) is 36.7 Å². The summed E-state index contributed by atoms with van der Waals surface area (Å²) in [6, 6.07) is 0. The summed E-state index contributed by atoms with van der Waals surface area (Å²) in [4.78, 5) is 25.7. The van der Waals surface area contributed by atoms with Crippen molar-refractivity contribution in [2.45, 2.75) is 24.5 Å². The summed E-state index contributed by atoms with van der Waals surface area (Å²) in [6.45, 7) is -0.503. The maximum atomic E-state index is 11.9. The SMILES string of the molecule is O=c1[nH]c(=O)n([C@H]2O[C@@H](CO)C(O)C2O)cc1/C(Br)=C\I. The van der Waals surface area contributed by atoms with Gasteiger partial charge in [0, 0.05) is 10.7 Å². The molecule has 21 heavy (non-hydrogen) atoms. The summed E-state index contributed by atoms with van der Waals surface area (Å²) in [6.07, 6.45) is -3.71. The van der Waals surface area contributed by atoms with Gasteiger partial charge in [-0.3, -0.25) is 14.3 Å². The molecule has 0 radical (unpaired) electrons. The van der Waals surface area contributed by atoms with E-state index in [1.807, 2.05) is 22.6 Å². The molecular weight excluding hydrogens is 463 g/mol. The summed E-state index contributed by atoms with van der Waals surface area (Å²) in [7, 11) is 0. The molecular formula is C11H12BrIN2O6. The molecule has 1 aliphatic rings. The number of nitrogens with zero attached hydrogens (tertiary/aromatic N) is 1. The molecule has 2 rings (SSSR count). The van der Waals surface area contributed by atoms with E-state index in [0.29, 0.717) is 4.48 Å². The van der Waals surface area contributed by atoms with E-state index in [2.05, 4.69) is 20.9 Å². The fourth-order valence-electron chi connectivity index (χ4n) is 2.01. The molecule has 10 heteroatoms. The van der Waals surface area contributed by atoms with Crippen LogP contribution in [-0.4, -0.2) is 49.8 Å². The van der Waals surface area contributed by atoms with Crippen molar-refractivity contribution in [3.63, 3.8) is 0 Å². The minimum Gasteiger partial charge on any atom is -0.394 e. The summed E-state index contributed by atoms with van der Waals surface area (Å²) >= 11 is 5.10. The first-order valence-electron chi connectivity index (χ1n) is 5.85. The number of ether oxygens (including phenoxy) is 1. The van der Waals surface area contributed by atoms with Gasteiger partial charge in [0.2, 0.25) is 0 Å². The normalized spacial score (nSPS) is 29.9. The monoisotopic (exact) mass is 474 g/mol. The molecule has 4 atom stereocenters. The maximum absolute atomic E-state index is 11.9. The lowest BCUT2D eigenvalue weighted by atomic mass is 10.1. The highest BCUT2D eigenvalue weighted by atomic mass is 127. The third-order valence-electron chi connectivity index (χ3n) is 3.11. The van der Waals surface area contributed by atoms with Crippen LogP contribution in [0.1, 0.15) is 11.8 Å². The van der Waals surface area contributed by atoms with E-state index in [9.17, 15) is 19.8 Å². The van der Waals surface area contributed by atoms with Gasteiger partial charge in [0.1, 0.15) is 18.3 Å². The molecule has 0 saturated carbocycles. The smallest absolute Gasteiger partial charge is 0.330 e. The maximum Gasteiger partial charge on any atom is 0.330 e. The van der Waals surface area contributed by atoms with Gasteiger partial charge in [0.15, 0.2) is 6.23 Å². The average molecular weight is 475 g/mol. The summed E-state index contributed by atoms with van der Waals surface area (Å²) in [5.74, 6) is 0. The molecule has 1 saturated heterocycles. The first kappa shape index (κ1) is 16.8. The molecule has 0 spiro atoms. The van der Waals surface area contributed by atoms with Crippen LogP contribution in [0.3, 0.4) is 0 Å². The minimum atomic E-state index is -1.40. The van der Waals surface area contributed by atoms with Gasteiger partial charge in [-0.2, -0.15) is 0 Å². The number of aliphatic hydroxyl groups excluding tert-OH is 3. The van der Waals surface area contributed by atoms with Gasteiger partial charge in [-0.25, -0.2) is 4.79 Å². The molecule has 2 unspecified atom stereocenters. The topological polar surface area (TPSA) is 125 Å². The van der Waals surface area contributed by atoms with Crippen LogP contribution < -0.4 is 11.2 Å². The lowest BCUT2D eigenvalue weighted by molar-refractivity contribution is -0.0550. The van der Waals surface area contributed by atoms with Gasteiger partial charge in [-0.05, 0) is 20.0 Å². The minimum absolute atomic E-state index is 0.168. The Morgan fingerprint density at radius 1 is 1.48 bits per heavy atom. The molecule has 1 aromatic rings. The molecule has 1 aromatic heterocycles. The molecule has 2 heterocycles. The second-order valence-electron chi connectivity index (χ2n) is 4.40. The van der Waals surface area contributed by atoms with Crippen molar-refractivity contribution >= 4 is 43.0 Å². The largest absolute Gasteiger partial charge is 0.394 e. The Kier molecular flexibility index (Phi) is 5.38. The summed E-state index contributed by atoms with van der Waals surface area (Å²) in [5, 5.41) is 28.7. The van der Waals surface area contributed by atoms with Crippen LogP contribution in [0.5, 0.6) is 0 Å². The number of rotatable bonds is 3. The molecule has 1 fully saturated rings. The molecule has 1 aliphatic heterocycles. The van der Waals surface area contributed by atoms with Crippen LogP contribution in [0, 0.1) is 0 Å². The third kappa shape index (κ3) is 3.14. The molecule has 0 amide bonds. The Morgan fingerprint density at radius 2 is 2.14 bits per heavy atom. The fraction of sp³-hybridized carbons (Fsp3) is 0.455. The van der Waals surface area contributed by atoms with Crippen LogP contribution in [0.4, 0.5) is 0 Å². The number of aliphatic hydroxyl groups is 3. The van der Waals surface area contributed by atoms with Gasteiger partial charge >= 0.3 is 5.69 Å². The van der Waals surface area contributed by atoms with E-state index < -0.39 is 42.4 Å². The standard InChI is InChI=1S/C11H12BrIN2O6/c12-5(1-13)4-2-15(11(20)14-9(4)19)10-8(18)7(17)6(3-16)21-10/h1-2,6-8,10,16-18H,3H2,(H,14,19,20)/b5-1+/t6-,7?,8?,10-/m0/s1.